The zero-order valence-electron chi connectivity index (χ0n) is 21.8. The molecule has 0 radical (unpaired) electrons. The third-order valence-electron chi connectivity index (χ3n) is 7.55. The molecule has 0 aliphatic carbocycles. The highest BCUT2D eigenvalue weighted by molar-refractivity contribution is 6.07. The van der Waals surface area contributed by atoms with Crippen LogP contribution in [0.4, 0.5) is 5.69 Å². The lowest BCUT2D eigenvalue weighted by molar-refractivity contribution is -0.385. The Balaban J connectivity index is 1.64. The third-order valence-corrected chi connectivity index (χ3v) is 7.55. The summed E-state index contributed by atoms with van der Waals surface area (Å²) in [5.74, 6) is 0. The second kappa shape index (κ2) is 9.81. The molecule has 0 aliphatic rings. The molecule has 0 atom stereocenters. The first-order chi connectivity index (χ1) is 20.2. The van der Waals surface area contributed by atoms with Crippen molar-refractivity contribution in [2.75, 3.05) is 0 Å². The van der Waals surface area contributed by atoms with E-state index in [0.717, 1.165) is 38.6 Å². The number of nitro groups is 1. The first-order valence-corrected chi connectivity index (χ1v) is 13.2. The minimum absolute atomic E-state index is 0.0636. The molecule has 4 heterocycles. The molecule has 41 heavy (non-hydrogen) atoms. The Bertz CT molecular complexity index is 1910. The number of nitrogens with zero attached hydrogens (tertiary/aromatic N) is 5. The number of benzene rings is 3. The summed E-state index contributed by atoms with van der Waals surface area (Å²) in [6.45, 7) is 0. The van der Waals surface area contributed by atoms with Crippen molar-refractivity contribution in [3.63, 3.8) is 0 Å². The van der Waals surface area contributed by atoms with Crippen LogP contribution in [-0.4, -0.2) is 24.4 Å². The molecule has 0 amide bonds. The first kappa shape index (κ1) is 24.4. The van der Waals surface area contributed by atoms with Gasteiger partial charge in [0.1, 0.15) is 17.4 Å². The summed E-state index contributed by atoms with van der Waals surface area (Å²) in [4.78, 5) is 24.8. The molecule has 0 saturated heterocycles. The highest BCUT2D eigenvalue weighted by atomic mass is 16.6. The van der Waals surface area contributed by atoms with Crippen LogP contribution in [0.1, 0.15) is 16.7 Å². The van der Waals surface area contributed by atoms with Gasteiger partial charge >= 0.3 is 0 Å². The number of hydrogen-bond donors (Lipinski definition) is 0. The summed E-state index contributed by atoms with van der Waals surface area (Å²) < 4.78 is 2.30. The van der Waals surface area contributed by atoms with Crippen molar-refractivity contribution in [3.05, 3.63) is 167 Å². The Kier molecular flexibility index (Phi) is 5.83. The number of fused-ring (bicyclic) bond motifs is 3. The molecule has 7 rings (SSSR count). The second-order valence-corrected chi connectivity index (χ2v) is 9.76. The van der Waals surface area contributed by atoms with E-state index < -0.39 is 10.5 Å². The fourth-order valence-corrected chi connectivity index (χ4v) is 5.79. The van der Waals surface area contributed by atoms with Crippen molar-refractivity contribution in [1.29, 1.82) is 0 Å². The summed E-state index contributed by atoms with van der Waals surface area (Å²) in [7, 11) is 0. The molecule has 7 heteroatoms. The topological polar surface area (TPSA) is 86.7 Å². The van der Waals surface area contributed by atoms with E-state index in [2.05, 4.69) is 87.3 Å². The lowest BCUT2D eigenvalue weighted by atomic mass is 9.76. The monoisotopic (exact) mass is 533 g/mol. The van der Waals surface area contributed by atoms with E-state index in [1.165, 1.54) is 12.3 Å². The Hall–Kier alpha value is -5.69. The minimum atomic E-state index is -0.792. The first-order valence-electron chi connectivity index (χ1n) is 13.2. The fourth-order valence-electron chi connectivity index (χ4n) is 5.79. The van der Waals surface area contributed by atoms with E-state index in [0.29, 0.717) is 11.4 Å². The normalized spacial score (nSPS) is 11.6. The molecule has 7 aromatic rings. The molecule has 0 fully saturated rings. The highest BCUT2D eigenvalue weighted by Gasteiger charge is 2.41. The standard InChI is InChI=1S/C34H23N5O2/c40-39(41)27-16-18-30(36-22-27)31-19-17-28-29-23-35-21-20-32(29)38(33(28)37-31)34(24-10-4-1-5-11-24,25-12-6-2-7-13-25)26-14-8-3-9-15-26/h1-23H. The van der Waals surface area contributed by atoms with Crippen molar-refractivity contribution in [2.45, 2.75) is 5.54 Å². The molecule has 4 aromatic heterocycles. The van der Waals surface area contributed by atoms with Crippen LogP contribution >= 0.6 is 0 Å². The quantitative estimate of drug-likeness (QED) is 0.126. The SMILES string of the molecule is O=[N+]([O-])c1ccc(-c2ccc3c4cnccc4n(C(c4ccccc4)(c4ccccc4)c4ccccc4)c3n2)nc1. The van der Waals surface area contributed by atoms with Gasteiger partial charge in [0.15, 0.2) is 0 Å². The number of hydrogen-bond acceptors (Lipinski definition) is 5. The van der Waals surface area contributed by atoms with Gasteiger partial charge in [-0.15, -0.1) is 0 Å². The molecule has 0 N–H and O–H groups in total. The molecule has 0 aliphatic heterocycles. The Morgan fingerprint density at radius 2 is 1.22 bits per heavy atom. The summed E-state index contributed by atoms with van der Waals surface area (Å²) in [6, 6.07) is 40.4. The lowest BCUT2D eigenvalue weighted by Gasteiger charge is -2.38. The van der Waals surface area contributed by atoms with E-state index >= 15 is 0 Å². The van der Waals surface area contributed by atoms with Gasteiger partial charge in [0, 0.05) is 29.2 Å². The maximum absolute atomic E-state index is 11.2. The van der Waals surface area contributed by atoms with Crippen LogP contribution in [0.3, 0.4) is 0 Å². The van der Waals surface area contributed by atoms with Gasteiger partial charge in [-0.05, 0) is 41.0 Å². The van der Waals surface area contributed by atoms with Crippen LogP contribution in [0.25, 0.3) is 33.3 Å². The molecule has 7 nitrogen and oxygen atoms in total. The van der Waals surface area contributed by atoms with Gasteiger partial charge in [-0.1, -0.05) is 91.0 Å². The second-order valence-electron chi connectivity index (χ2n) is 9.76. The summed E-state index contributed by atoms with van der Waals surface area (Å²) in [5, 5.41) is 13.1. The molecule has 0 spiro atoms. The minimum Gasteiger partial charge on any atom is -0.307 e. The van der Waals surface area contributed by atoms with E-state index in [4.69, 9.17) is 4.98 Å². The predicted molar refractivity (Wildman–Crippen MR) is 160 cm³/mol. The fraction of sp³-hybridized carbons (Fsp3) is 0.0294. The van der Waals surface area contributed by atoms with Crippen molar-refractivity contribution >= 4 is 27.6 Å². The van der Waals surface area contributed by atoms with Crippen LogP contribution in [-0.2, 0) is 5.54 Å². The molecule has 0 unspecified atom stereocenters. The molecular formula is C34H23N5O2. The van der Waals surface area contributed by atoms with E-state index in [1.807, 2.05) is 48.8 Å². The predicted octanol–water partition coefficient (Wildman–Crippen LogP) is 7.39. The van der Waals surface area contributed by atoms with Crippen molar-refractivity contribution < 1.29 is 4.92 Å². The average Bonchev–Trinajstić information content (AvgIpc) is 3.37. The van der Waals surface area contributed by atoms with E-state index in [1.54, 1.807) is 6.07 Å². The highest BCUT2D eigenvalue weighted by Crippen LogP contribution is 2.45. The van der Waals surface area contributed by atoms with Crippen LogP contribution in [0.5, 0.6) is 0 Å². The lowest BCUT2D eigenvalue weighted by Crippen LogP contribution is -2.37. The van der Waals surface area contributed by atoms with Crippen LogP contribution in [0, 0.1) is 10.1 Å². The van der Waals surface area contributed by atoms with Crippen molar-refractivity contribution in [1.82, 2.24) is 19.5 Å². The van der Waals surface area contributed by atoms with Gasteiger partial charge in [-0.2, -0.15) is 0 Å². The summed E-state index contributed by atoms with van der Waals surface area (Å²) in [6.07, 6.45) is 4.95. The molecule has 196 valence electrons. The van der Waals surface area contributed by atoms with Gasteiger partial charge in [0.05, 0.1) is 21.8 Å². The van der Waals surface area contributed by atoms with E-state index in [-0.39, 0.29) is 5.69 Å². The van der Waals surface area contributed by atoms with Crippen molar-refractivity contribution in [3.8, 4) is 11.4 Å². The molecule has 3 aromatic carbocycles. The van der Waals surface area contributed by atoms with Crippen LogP contribution < -0.4 is 0 Å². The Labute approximate surface area is 235 Å². The largest absolute Gasteiger partial charge is 0.307 e. The zero-order chi connectivity index (χ0) is 27.8. The number of rotatable bonds is 6. The summed E-state index contributed by atoms with van der Waals surface area (Å²) >= 11 is 0. The smallest absolute Gasteiger partial charge is 0.287 e. The van der Waals surface area contributed by atoms with Crippen LogP contribution in [0.15, 0.2) is 140 Å². The molecular weight excluding hydrogens is 510 g/mol. The molecule has 0 saturated carbocycles. The summed E-state index contributed by atoms with van der Waals surface area (Å²) in [5.41, 5.74) is 5.28. The van der Waals surface area contributed by atoms with Gasteiger partial charge in [0.25, 0.3) is 5.69 Å². The molecule has 0 bridgehead atoms. The third kappa shape index (κ3) is 3.86. The van der Waals surface area contributed by atoms with E-state index in [9.17, 15) is 10.1 Å². The van der Waals surface area contributed by atoms with Gasteiger partial charge in [0.2, 0.25) is 0 Å². The Morgan fingerprint density at radius 1 is 0.634 bits per heavy atom. The zero-order valence-corrected chi connectivity index (χ0v) is 21.8. The van der Waals surface area contributed by atoms with Gasteiger partial charge < -0.3 is 4.57 Å². The van der Waals surface area contributed by atoms with Gasteiger partial charge in [-0.3, -0.25) is 15.1 Å². The average molecular weight is 534 g/mol. The van der Waals surface area contributed by atoms with Crippen LogP contribution in [0.2, 0.25) is 0 Å². The number of aromatic nitrogens is 4. The number of pyridine rings is 3. The maximum atomic E-state index is 11.2. The Morgan fingerprint density at radius 3 is 1.76 bits per heavy atom. The maximum Gasteiger partial charge on any atom is 0.287 e. The van der Waals surface area contributed by atoms with Gasteiger partial charge in [-0.25, -0.2) is 9.97 Å². The van der Waals surface area contributed by atoms with Crippen molar-refractivity contribution in [2.24, 2.45) is 0 Å².